The summed E-state index contributed by atoms with van der Waals surface area (Å²) in [4.78, 5) is 25.3. The third kappa shape index (κ3) is 4.81. The van der Waals surface area contributed by atoms with Crippen molar-refractivity contribution < 1.29 is 19.4 Å². The number of aliphatic hydroxyl groups is 1. The Morgan fingerprint density at radius 2 is 1.69 bits per heavy atom. The van der Waals surface area contributed by atoms with Gasteiger partial charge in [0.25, 0.3) is 0 Å². The summed E-state index contributed by atoms with van der Waals surface area (Å²) in [6, 6.07) is 6.59. The average Bonchev–Trinajstić information content (AvgIpc) is 3.57. The first kappa shape index (κ1) is 35.4. The molecule has 51 heavy (non-hydrogen) atoms. The Kier molecular flexibility index (Phi) is 8.46. The first-order valence-electron chi connectivity index (χ1n) is 20.6. The predicted molar refractivity (Wildman–Crippen MR) is 203 cm³/mol. The van der Waals surface area contributed by atoms with Gasteiger partial charge >= 0.3 is 0 Å². The number of terminal acetylenes is 1. The highest BCUT2D eigenvalue weighted by atomic mass is 16.5. The number of Topliss-reactive ketones (excluding diaryl/α,β-unsaturated/α-hetero) is 1. The lowest BCUT2D eigenvalue weighted by Crippen LogP contribution is -2.54. The lowest BCUT2D eigenvalue weighted by molar-refractivity contribution is -0.145. The number of fused-ring (bicyclic) bond motifs is 12. The number of carbonyl (C=O) groups excluding carboxylic acids is 2. The average molecular weight is 691 g/mol. The second kappa shape index (κ2) is 12.2. The lowest BCUT2D eigenvalue weighted by atomic mass is 9.44. The normalized spacial score (nSPS) is 46.1. The van der Waals surface area contributed by atoms with E-state index in [0.29, 0.717) is 59.4 Å². The topological polar surface area (TPSA) is 63.6 Å². The fourth-order valence-electron chi connectivity index (χ4n) is 15.2. The molecule has 5 fully saturated rings. The van der Waals surface area contributed by atoms with Crippen molar-refractivity contribution in [3.05, 3.63) is 52.6 Å². The van der Waals surface area contributed by atoms with E-state index in [-0.39, 0.29) is 21.7 Å². The number of methoxy groups -OCH3 is 1. The quantitative estimate of drug-likeness (QED) is 0.314. The van der Waals surface area contributed by atoms with Crippen LogP contribution in [0, 0.1) is 69.5 Å². The molecule has 1 unspecified atom stereocenters. The molecule has 8 aliphatic rings. The molecule has 4 nitrogen and oxygen atoms in total. The molecule has 0 spiro atoms. The molecule has 4 heteroatoms. The molecular weight excluding hydrogens is 629 g/mol. The second-order valence-corrected chi connectivity index (χ2v) is 19.2. The lowest BCUT2D eigenvalue weighted by Gasteiger charge is -2.59. The standard InChI is InChI=1S/C26H36O2.C21H26O2/c1-16-13-20-21(24(3)11-8-19(28)15-22(16)24)9-12-25(4)23(20)14-18-7-5-6-10-26(18,25)17(2)27;1-4-21(22)12-10-19-18-7-5-14-13-15(23-3)6-8-16(14)17(18)9-11-20(19,21)2/h13,15,18,20-21,23H,5-12,14H2,1-4H3;1,6,8,13,17-19,22H,5,7,9-12H2,2-3H3/t18-,20-,21+,23+,24-,25+,26-;17-,18-,19+,20+,21?/m11/s1. The summed E-state index contributed by atoms with van der Waals surface area (Å²) in [6.07, 6.45) is 26.8. The van der Waals surface area contributed by atoms with Crippen molar-refractivity contribution in [1.82, 2.24) is 0 Å². The van der Waals surface area contributed by atoms with Crippen molar-refractivity contribution >= 4 is 11.6 Å². The van der Waals surface area contributed by atoms with E-state index in [1.807, 2.05) is 13.0 Å². The van der Waals surface area contributed by atoms with Gasteiger partial charge in [-0.15, -0.1) is 6.42 Å². The highest BCUT2D eigenvalue weighted by Gasteiger charge is 2.69. The second-order valence-electron chi connectivity index (χ2n) is 19.2. The van der Waals surface area contributed by atoms with E-state index in [0.717, 1.165) is 50.7 Å². The molecule has 1 aromatic rings. The van der Waals surface area contributed by atoms with E-state index in [9.17, 15) is 14.7 Å². The molecule has 12 atom stereocenters. The minimum atomic E-state index is -0.900. The predicted octanol–water partition coefficient (Wildman–Crippen LogP) is 9.98. The van der Waals surface area contributed by atoms with Crippen molar-refractivity contribution in [2.24, 2.45) is 57.2 Å². The minimum Gasteiger partial charge on any atom is -0.497 e. The van der Waals surface area contributed by atoms with Gasteiger partial charge in [-0.3, -0.25) is 9.59 Å². The summed E-state index contributed by atoms with van der Waals surface area (Å²) in [5.74, 6) is 8.78. The highest BCUT2D eigenvalue weighted by molar-refractivity contribution is 5.92. The number of ketones is 2. The number of rotatable bonds is 2. The Labute approximate surface area is 307 Å². The van der Waals surface area contributed by atoms with Crippen LogP contribution in [0.1, 0.15) is 142 Å². The Hall–Kier alpha value is -2.64. The van der Waals surface area contributed by atoms with Crippen LogP contribution in [-0.4, -0.2) is 29.4 Å². The maximum Gasteiger partial charge on any atom is 0.156 e. The third-order valence-corrected chi connectivity index (χ3v) is 17.8. The van der Waals surface area contributed by atoms with Gasteiger partial charge in [-0.05, 0) is 178 Å². The number of hydrogen-bond donors (Lipinski definition) is 1. The number of hydrogen-bond acceptors (Lipinski definition) is 4. The molecule has 0 amide bonds. The van der Waals surface area contributed by atoms with Crippen LogP contribution in [0.25, 0.3) is 0 Å². The van der Waals surface area contributed by atoms with Gasteiger partial charge in [0.15, 0.2) is 5.78 Å². The van der Waals surface area contributed by atoms with Crippen LogP contribution in [0.3, 0.4) is 0 Å². The van der Waals surface area contributed by atoms with E-state index in [2.05, 4.69) is 57.9 Å². The smallest absolute Gasteiger partial charge is 0.156 e. The summed E-state index contributed by atoms with van der Waals surface area (Å²) < 4.78 is 5.39. The van der Waals surface area contributed by atoms with Gasteiger partial charge in [0.2, 0.25) is 0 Å². The fourth-order valence-corrected chi connectivity index (χ4v) is 15.2. The Morgan fingerprint density at radius 3 is 2.43 bits per heavy atom. The minimum absolute atomic E-state index is 0.0673. The van der Waals surface area contributed by atoms with Crippen LogP contribution >= 0.6 is 0 Å². The Morgan fingerprint density at radius 1 is 0.922 bits per heavy atom. The summed E-state index contributed by atoms with van der Waals surface area (Å²) in [6.45, 7) is 11.3. The first-order valence-corrected chi connectivity index (χ1v) is 20.6. The van der Waals surface area contributed by atoms with E-state index >= 15 is 0 Å². The van der Waals surface area contributed by atoms with Crippen LogP contribution in [0.2, 0.25) is 0 Å². The van der Waals surface area contributed by atoms with Gasteiger partial charge in [-0.1, -0.05) is 57.2 Å². The van der Waals surface area contributed by atoms with Gasteiger partial charge in [0, 0.05) is 17.3 Å². The molecule has 0 saturated heterocycles. The van der Waals surface area contributed by atoms with E-state index < -0.39 is 5.60 Å². The van der Waals surface area contributed by atoms with Crippen molar-refractivity contribution in [3.8, 4) is 18.1 Å². The van der Waals surface area contributed by atoms with Crippen molar-refractivity contribution in [1.29, 1.82) is 0 Å². The maximum absolute atomic E-state index is 13.2. The molecule has 0 heterocycles. The molecule has 1 N–H and O–H groups in total. The molecule has 0 aliphatic heterocycles. The van der Waals surface area contributed by atoms with Crippen LogP contribution in [0.15, 0.2) is 41.5 Å². The van der Waals surface area contributed by atoms with E-state index in [4.69, 9.17) is 11.2 Å². The molecule has 0 aromatic heterocycles. The SMILES string of the molecule is C#CC1(O)CC[C@H]2[C@@H]3CCc4cc(OC)ccc4[C@H]3CC[C@@]21C.CC(=O)[C@]12CCCC[C@@H]1C[C@H]1[C@@H]3C=C(C)C4=CC(=O)CC[C@]4(C)[C@H]3CC[C@@]12C. The van der Waals surface area contributed by atoms with E-state index in [1.165, 1.54) is 67.2 Å². The molecule has 0 bridgehead atoms. The van der Waals surface area contributed by atoms with Gasteiger partial charge in [0.05, 0.1) is 7.11 Å². The monoisotopic (exact) mass is 690 g/mol. The zero-order valence-corrected chi connectivity index (χ0v) is 32.3. The molecule has 5 saturated carbocycles. The van der Waals surface area contributed by atoms with Gasteiger partial charge in [0.1, 0.15) is 17.1 Å². The number of carbonyl (C=O) groups is 2. The van der Waals surface area contributed by atoms with Crippen LogP contribution in [0.5, 0.6) is 5.75 Å². The number of benzene rings is 1. The fraction of sp³-hybridized carbons (Fsp3) is 0.702. The van der Waals surface area contributed by atoms with Crippen LogP contribution < -0.4 is 4.74 Å². The summed E-state index contributed by atoms with van der Waals surface area (Å²) in [7, 11) is 1.73. The van der Waals surface area contributed by atoms with Crippen molar-refractivity contribution in [2.45, 2.75) is 142 Å². The zero-order valence-electron chi connectivity index (χ0n) is 32.3. The molecule has 0 radical (unpaired) electrons. The summed E-state index contributed by atoms with van der Waals surface area (Å²) in [5, 5.41) is 11.0. The first-order chi connectivity index (χ1) is 24.3. The third-order valence-electron chi connectivity index (χ3n) is 17.8. The largest absolute Gasteiger partial charge is 0.497 e. The molecule has 274 valence electrons. The van der Waals surface area contributed by atoms with Gasteiger partial charge < -0.3 is 9.84 Å². The van der Waals surface area contributed by atoms with Gasteiger partial charge in [-0.25, -0.2) is 0 Å². The maximum atomic E-state index is 13.2. The molecule has 1 aromatic carbocycles. The van der Waals surface area contributed by atoms with E-state index in [1.54, 1.807) is 7.11 Å². The summed E-state index contributed by atoms with van der Waals surface area (Å²) in [5.41, 5.74) is 4.87. The van der Waals surface area contributed by atoms with Gasteiger partial charge in [-0.2, -0.15) is 0 Å². The number of allylic oxidation sites excluding steroid dienone is 4. The molecule has 8 aliphatic carbocycles. The van der Waals surface area contributed by atoms with Crippen LogP contribution in [0.4, 0.5) is 0 Å². The summed E-state index contributed by atoms with van der Waals surface area (Å²) >= 11 is 0. The Bertz CT molecular complexity index is 1730. The highest BCUT2D eigenvalue weighted by Crippen LogP contribution is 2.73. The number of ether oxygens (including phenoxy) is 1. The molecular formula is C47H62O4. The van der Waals surface area contributed by atoms with Crippen molar-refractivity contribution in [3.63, 3.8) is 0 Å². The van der Waals surface area contributed by atoms with Crippen LogP contribution in [-0.2, 0) is 16.0 Å². The zero-order chi connectivity index (χ0) is 36.1. The molecule has 9 rings (SSSR count). The van der Waals surface area contributed by atoms with Crippen molar-refractivity contribution in [2.75, 3.05) is 7.11 Å². The number of aryl methyl sites for hydroxylation is 1. The Balaban J connectivity index is 0.000000150.